The molecule has 1 heterocycles. The molecule has 4 heteroatoms. The number of aromatic nitrogens is 2. The van der Waals surface area contributed by atoms with E-state index in [1.165, 1.54) is 11.3 Å². The molecule has 1 aliphatic rings. The highest BCUT2D eigenvalue weighted by Gasteiger charge is 2.16. The Balaban J connectivity index is 2.03. The van der Waals surface area contributed by atoms with Gasteiger partial charge in [-0.15, -0.1) is 0 Å². The fourth-order valence-electron chi connectivity index (χ4n) is 2.43. The lowest BCUT2D eigenvalue weighted by Gasteiger charge is -2.14. The largest absolute Gasteiger partial charge is 0.478 e. The summed E-state index contributed by atoms with van der Waals surface area (Å²) in [7, 11) is 1.98. The number of hydrogen-bond acceptors (Lipinski definition) is 1. The van der Waals surface area contributed by atoms with Gasteiger partial charge in [-0.3, -0.25) is 0 Å². The number of rotatable bonds is 2. The zero-order valence-corrected chi connectivity index (χ0v) is 10.7. The monoisotopic (exact) mass is 255 g/mol. The van der Waals surface area contributed by atoms with Gasteiger partial charge >= 0.3 is 5.97 Å². The highest BCUT2D eigenvalue weighted by atomic mass is 16.4. The lowest BCUT2D eigenvalue weighted by atomic mass is 9.93. The maximum atomic E-state index is 11.0. The first-order valence-corrected chi connectivity index (χ1v) is 6.24. The topological polar surface area (TPSA) is 46.1 Å². The highest BCUT2D eigenvalue weighted by molar-refractivity contribution is 5.89. The van der Waals surface area contributed by atoms with Crippen LogP contribution in [-0.2, 0) is 13.5 Å². The Morgan fingerprint density at radius 1 is 1.37 bits per heavy atom. The highest BCUT2D eigenvalue weighted by Crippen LogP contribution is 2.27. The summed E-state index contributed by atoms with van der Waals surface area (Å²) in [6, 6.07) is 5.34. The first kappa shape index (κ1) is 11.7. The van der Waals surface area contributed by atoms with Gasteiger partial charge in [-0.05, 0) is 35.8 Å². The van der Waals surface area contributed by atoms with Gasteiger partial charge < -0.3 is 5.11 Å². The zero-order chi connectivity index (χ0) is 13.4. The Bertz CT molecular complexity index is 683. The van der Waals surface area contributed by atoms with Gasteiger partial charge in [0.05, 0.1) is 12.6 Å². The molecule has 1 aromatic carbocycles. The third-order valence-corrected chi connectivity index (χ3v) is 3.47. The van der Waals surface area contributed by atoms with Gasteiger partial charge in [0.25, 0.3) is 0 Å². The second-order valence-corrected chi connectivity index (χ2v) is 4.84. The minimum Gasteiger partial charge on any atom is -0.478 e. The van der Waals surface area contributed by atoms with Crippen molar-refractivity contribution in [2.24, 2.45) is 7.05 Å². The van der Waals surface area contributed by atoms with E-state index in [2.05, 4.69) is 10.6 Å². The van der Waals surface area contributed by atoms with Crippen molar-refractivity contribution in [3.05, 3.63) is 53.6 Å². The maximum absolute atomic E-state index is 11.0. The summed E-state index contributed by atoms with van der Waals surface area (Å²) in [4.78, 5) is 11.0. The molecule has 96 valence electrons. The number of aryl methyl sites for hydroxylation is 2. The number of carboxylic acid groups (broad SMARTS) is 1. The quantitative estimate of drug-likeness (QED) is 0.834. The van der Waals surface area contributed by atoms with Gasteiger partial charge in [-0.1, -0.05) is 6.07 Å². The molecule has 3 rings (SSSR count). The summed E-state index contributed by atoms with van der Waals surface area (Å²) in [6.45, 7) is 0. The fourth-order valence-corrected chi connectivity index (χ4v) is 2.43. The van der Waals surface area contributed by atoms with Crippen LogP contribution in [0, 0.1) is 0 Å². The minimum atomic E-state index is -0.879. The standard InChI is InChI=1S/C15H14N2O2/c1-16-6-7-17(10-16)14-5-4-11-2-3-12(15(18)19)8-13(11)9-14/h2-3,6-10H,4-5H2,1H3/p+1. The Hall–Kier alpha value is -2.36. The Kier molecular flexibility index (Phi) is 2.71. The number of allylic oxidation sites excluding steroid dienone is 1. The second kappa shape index (κ2) is 4.39. The van der Waals surface area contributed by atoms with Crippen LogP contribution in [0.5, 0.6) is 0 Å². The molecule has 1 N–H and O–H groups in total. The van der Waals surface area contributed by atoms with E-state index in [1.807, 2.05) is 36.4 Å². The van der Waals surface area contributed by atoms with Crippen LogP contribution in [0.4, 0.5) is 0 Å². The minimum absolute atomic E-state index is 0.342. The van der Waals surface area contributed by atoms with Gasteiger partial charge in [-0.2, -0.15) is 0 Å². The number of aromatic carboxylic acids is 1. The van der Waals surface area contributed by atoms with E-state index >= 15 is 0 Å². The molecule has 0 bridgehead atoms. The predicted molar refractivity (Wildman–Crippen MR) is 71.5 cm³/mol. The molecule has 0 saturated heterocycles. The van der Waals surface area contributed by atoms with Crippen molar-refractivity contribution in [3.8, 4) is 0 Å². The molecule has 0 saturated carbocycles. The molecule has 2 aromatic rings. The molecule has 0 fully saturated rings. The molecular weight excluding hydrogens is 240 g/mol. The van der Waals surface area contributed by atoms with E-state index < -0.39 is 5.97 Å². The first-order chi connectivity index (χ1) is 9.13. The van der Waals surface area contributed by atoms with Crippen molar-refractivity contribution < 1.29 is 14.5 Å². The summed E-state index contributed by atoms with van der Waals surface area (Å²) >= 11 is 0. The second-order valence-electron chi connectivity index (χ2n) is 4.84. The van der Waals surface area contributed by atoms with Crippen LogP contribution >= 0.6 is 0 Å². The van der Waals surface area contributed by atoms with Crippen LogP contribution in [0.15, 0.2) is 36.9 Å². The van der Waals surface area contributed by atoms with Crippen LogP contribution in [-0.4, -0.2) is 15.6 Å². The molecule has 1 aliphatic carbocycles. The summed E-state index contributed by atoms with van der Waals surface area (Å²) in [5.41, 5.74) is 3.76. The lowest BCUT2D eigenvalue weighted by molar-refractivity contribution is -0.670. The van der Waals surface area contributed by atoms with Crippen molar-refractivity contribution in [1.29, 1.82) is 0 Å². The van der Waals surface area contributed by atoms with Crippen LogP contribution in [0.3, 0.4) is 0 Å². The average Bonchev–Trinajstić information content (AvgIpc) is 2.84. The van der Waals surface area contributed by atoms with Crippen molar-refractivity contribution in [2.45, 2.75) is 12.8 Å². The van der Waals surface area contributed by atoms with Gasteiger partial charge in [0.2, 0.25) is 6.33 Å². The normalized spacial score (nSPS) is 13.8. The molecule has 0 aliphatic heterocycles. The van der Waals surface area contributed by atoms with Crippen molar-refractivity contribution in [3.63, 3.8) is 0 Å². The average molecular weight is 255 g/mol. The molecule has 0 amide bonds. The Morgan fingerprint density at radius 3 is 2.89 bits per heavy atom. The van der Waals surface area contributed by atoms with Crippen molar-refractivity contribution in [2.75, 3.05) is 0 Å². The fraction of sp³-hybridized carbons (Fsp3) is 0.200. The van der Waals surface area contributed by atoms with Crippen molar-refractivity contribution in [1.82, 2.24) is 4.57 Å². The third-order valence-electron chi connectivity index (χ3n) is 3.47. The molecule has 0 unspecified atom stereocenters. The van der Waals surface area contributed by atoms with Crippen LogP contribution < -0.4 is 4.57 Å². The molecule has 0 atom stereocenters. The Morgan fingerprint density at radius 2 is 2.21 bits per heavy atom. The molecule has 19 heavy (non-hydrogen) atoms. The molecule has 0 radical (unpaired) electrons. The zero-order valence-electron chi connectivity index (χ0n) is 10.7. The summed E-state index contributed by atoms with van der Waals surface area (Å²) in [5.74, 6) is -0.879. The van der Waals surface area contributed by atoms with Gasteiger partial charge in [0, 0.05) is 6.42 Å². The van der Waals surface area contributed by atoms with Crippen LogP contribution in [0.2, 0.25) is 0 Å². The number of fused-ring (bicyclic) bond motifs is 1. The summed E-state index contributed by atoms with van der Waals surface area (Å²) in [6.07, 6.45) is 10.0. The molecule has 4 nitrogen and oxygen atoms in total. The number of nitrogens with zero attached hydrogens (tertiary/aromatic N) is 2. The van der Waals surface area contributed by atoms with E-state index in [0.29, 0.717) is 5.56 Å². The summed E-state index contributed by atoms with van der Waals surface area (Å²) in [5, 5.41) is 9.04. The lowest BCUT2D eigenvalue weighted by Crippen LogP contribution is -2.23. The number of imidazole rings is 1. The molecule has 1 aromatic heterocycles. The van der Waals surface area contributed by atoms with Gasteiger partial charge in [-0.25, -0.2) is 13.9 Å². The van der Waals surface area contributed by atoms with E-state index in [9.17, 15) is 4.79 Å². The first-order valence-electron chi connectivity index (χ1n) is 6.24. The van der Waals surface area contributed by atoms with E-state index in [4.69, 9.17) is 5.11 Å². The van der Waals surface area contributed by atoms with E-state index in [-0.39, 0.29) is 0 Å². The SMILES string of the molecule is C[n+]1ccn(C2=Cc3cc(C(=O)O)ccc3CC2)c1. The molecular formula is C15H15N2O2+. The van der Waals surface area contributed by atoms with E-state index in [0.717, 1.165) is 18.4 Å². The number of carbonyl (C=O) groups is 1. The van der Waals surface area contributed by atoms with Gasteiger partial charge in [0.1, 0.15) is 18.1 Å². The molecule has 0 spiro atoms. The van der Waals surface area contributed by atoms with E-state index in [1.54, 1.807) is 12.1 Å². The maximum Gasteiger partial charge on any atom is 0.335 e. The van der Waals surface area contributed by atoms with Crippen LogP contribution in [0.25, 0.3) is 11.8 Å². The predicted octanol–water partition coefficient (Wildman–Crippen LogP) is 1.96. The smallest absolute Gasteiger partial charge is 0.335 e. The Labute approximate surface area is 111 Å². The van der Waals surface area contributed by atoms with Crippen LogP contribution in [0.1, 0.15) is 27.9 Å². The summed E-state index contributed by atoms with van der Waals surface area (Å²) < 4.78 is 4.07. The third kappa shape index (κ3) is 2.17. The number of hydrogen-bond donors (Lipinski definition) is 1. The van der Waals surface area contributed by atoms with Gasteiger partial charge in [0.15, 0.2) is 0 Å². The van der Waals surface area contributed by atoms with Crippen molar-refractivity contribution >= 4 is 17.7 Å². The number of benzene rings is 1. The number of carboxylic acids is 1.